The van der Waals surface area contributed by atoms with Crippen LogP contribution < -0.4 is 0 Å². The van der Waals surface area contributed by atoms with E-state index in [1.807, 2.05) is 0 Å². The molecule has 1 saturated carbocycles. The van der Waals surface area contributed by atoms with Gasteiger partial charge < -0.3 is 9.84 Å². The number of alkyl halides is 3. The second-order valence-electron chi connectivity index (χ2n) is 6.42. The zero-order valence-electron chi connectivity index (χ0n) is 13.4. The predicted molar refractivity (Wildman–Crippen MR) is 80.8 cm³/mol. The Kier molecular flexibility index (Phi) is 4.49. The summed E-state index contributed by atoms with van der Waals surface area (Å²) >= 11 is 0. The van der Waals surface area contributed by atoms with Gasteiger partial charge in [-0.25, -0.2) is 4.79 Å². The molecule has 2 aliphatic rings. The van der Waals surface area contributed by atoms with Gasteiger partial charge in [0.25, 0.3) is 5.91 Å². The molecule has 5 nitrogen and oxygen atoms in total. The van der Waals surface area contributed by atoms with E-state index in [-0.39, 0.29) is 12.2 Å². The number of aliphatic carboxylic acids is 1. The SMILES string of the molecule is O=C(O)C1COC2(CCCCC2)N1C(=O)c1ccc(C(F)(F)F)cc1. The van der Waals surface area contributed by atoms with Gasteiger partial charge in [-0.05, 0) is 49.9 Å². The summed E-state index contributed by atoms with van der Waals surface area (Å²) in [5, 5.41) is 9.42. The first-order valence-corrected chi connectivity index (χ1v) is 8.12. The van der Waals surface area contributed by atoms with Crippen molar-refractivity contribution in [3.05, 3.63) is 35.4 Å². The van der Waals surface area contributed by atoms with E-state index in [9.17, 15) is 27.9 Å². The average molecular weight is 357 g/mol. The van der Waals surface area contributed by atoms with Gasteiger partial charge in [-0.15, -0.1) is 0 Å². The van der Waals surface area contributed by atoms with E-state index < -0.39 is 35.4 Å². The van der Waals surface area contributed by atoms with Gasteiger partial charge in [0.05, 0.1) is 12.2 Å². The number of ether oxygens (including phenoxy) is 1. The molecule has 3 rings (SSSR count). The molecule has 1 N–H and O–H groups in total. The Bertz CT molecular complexity index is 665. The molecule has 1 saturated heterocycles. The lowest BCUT2D eigenvalue weighted by atomic mass is 9.89. The molecule has 1 atom stereocenters. The minimum atomic E-state index is -4.49. The summed E-state index contributed by atoms with van der Waals surface area (Å²) in [7, 11) is 0. The topological polar surface area (TPSA) is 66.8 Å². The van der Waals surface area contributed by atoms with Gasteiger partial charge in [-0.1, -0.05) is 6.42 Å². The first-order valence-electron chi connectivity index (χ1n) is 8.12. The number of hydrogen-bond donors (Lipinski definition) is 1. The maximum atomic E-state index is 12.9. The Morgan fingerprint density at radius 3 is 2.24 bits per heavy atom. The number of benzene rings is 1. The smallest absolute Gasteiger partial charge is 0.416 e. The summed E-state index contributed by atoms with van der Waals surface area (Å²) in [4.78, 5) is 25.7. The second kappa shape index (κ2) is 6.33. The number of halogens is 3. The molecule has 2 fully saturated rings. The number of carbonyl (C=O) groups is 2. The molecule has 136 valence electrons. The van der Waals surface area contributed by atoms with Crippen LogP contribution in [0.3, 0.4) is 0 Å². The number of hydrogen-bond acceptors (Lipinski definition) is 3. The highest BCUT2D eigenvalue weighted by atomic mass is 19.4. The van der Waals surface area contributed by atoms with Gasteiger partial charge in [0.15, 0.2) is 6.04 Å². The first-order chi connectivity index (χ1) is 11.7. The minimum Gasteiger partial charge on any atom is -0.480 e. The highest BCUT2D eigenvalue weighted by molar-refractivity contribution is 5.97. The lowest BCUT2D eigenvalue weighted by Crippen LogP contribution is -2.54. The lowest BCUT2D eigenvalue weighted by molar-refractivity contribution is -0.143. The standard InChI is InChI=1S/C17H18F3NO4/c18-17(19,20)12-6-4-11(5-7-12)14(22)21-13(15(23)24)10-25-16(21)8-2-1-3-9-16/h4-7,13H,1-3,8-10H2,(H,23,24). The Morgan fingerprint density at radius 1 is 1.12 bits per heavy atom. The van der Waals surface area contributed by atoms with Crippen LogP contribution in [0.25, 0.3) is 0 Å². The number of carboxylic acid groups (broad SMARTS) is 1. The third-order valence-electron chi connectivity index (χ3n) is 4.86. The molecule has 1 aliphatic carbocycles. The molecule has 1 spiro atoms. The van der Waals surface area contributed by atoms with Gasteiger partial charge in [-0.3, -0.25) is 9.69 Å². The van der Waals surface area contributed by atoms with Crippen LogP contribution in [0.5, 0.6) is 0 Å². The van der Waals surface area contributed by atoms with Crippen molar-refractivity contribution in [2.24, 2.45) is 0 Å². The van der Waals surface area contributed by atoms with Crippen molar-refractivity contribution in [2.45, 2.75) is 50.0 Å². The fraction of sp³-hybridized carbons (Fsp3) is 0.529. The molecule has 0 aromatic heterocycles. The number of amides is 1. The highest BCUT2D eigenvalue weighted by Gasteiger charge is 2.53. The van der Waals surface area contributed by atoms with Crippen molar-refractivity contribution in [3.8, 4) is 0 Å². The van der Waals surface area contributed by atoms with E-state index in [1.165, 1.54) is 4.90 Å². The van der Waals surface area contributed by atoms with E-state index in [1.54, 1.807) is 0 Å². The maximum Gasteiger partial charge on any atom is 0.416 e. The second-order valence-corrected chi connectivity index (χ2v) is 6.42. The van der Waals surface area contributed by atoms with Gasteiger partial charge in [0.1, 0.15) is 5.72 Å². The summed E-state index contributed by atoms with van der Waals surface area (Å²) in [6.45, 7) is -0.109. The number of rotatable bonds is 2. The molecular weight excluding hydrogens is 339 g/mol. The fourth-order valence-corrected chi connectivity index (χ4v) is 3.60. The normalized spacial score (nSPS) is 23.0. The van der Waals surface area contributed by atoms with Crippen molar-refractivity contribution in [1.82, 2.24) is 4.90 Å². The largest absolute Gasteiger partial charge is 0.480 e. The molecule has 1 aliphatic heterocycles. The Balaban J connectivity index is 1.92. The van der Waals surface area contributed by atoms with Gasteiger partial charge in [-0.2, -0.15) is 13.2 Å². The van der Waals surface area contributed by atoms with E-state index in [0.29, 0.717) is 12.8 Å². The van der Waals surface area contributed by atoms with Gasteiger partial charge >= 0.3 is 12.1 Å². The molecule has 0 radical (unpaired) electrons. The first kappa shape index (κ1) is 17.7. The maximum absolute atomic E-state index is 12.9. The lowest BCUT2D eigenvalue weighted by Gasteiger charge is -2.41. The number of carbonyl (C=O) groups excluding carboxylic acids is 1. The van der Waals surface area contributed by atoms with Crippen LogP contribution in [0, 0.1) is 0 Å². The molecule has 1 aromatic carbocycles. The summed E-state index contributed by atoms with van der Waals surface area (Å²) in [5.41, 5.74) is -1.81. The van der Waals surface area contributed by atoms with Gasteiger partial charge in [0, 0.05) is 5.56 Å². The molecule has 25 heavy (non-hydrogen) atoms. The van der Waals surface area contributed by atoms with Crippen LogP contribution in [0.2, 0.25) is 0 Å². The van der Waals surface area contributed by atoms with Crippen molar-refractivity contribution < 1.29 is 32.6 Å². The molecule has 1 amide bonds. The Labute approximate surface area is 142 Å². The predicted octanol–water partition coefficient (Wildman–Crippen LogP) is 3.29. The molecular formula is C17H18F3NO4. The molecule has 1 heterocycles. The van der Waals surface area contributed by atoms with Crippen LogP contribution in [0.15, 0.2) is 24.3 Å². The van der Waals surface area contributed by atoms with Crippen molar-refractivity contribution >= 4 is 11.9 Å². The molecule has 1 unspecified atom stereocenters. The van der Waals surface area contributed by atoms with Crippen LogP contribution in [-0.4, -0.2) is 40.3 Å². The van der Waals surface area contributed by atoms with Crippen molar-refractivity contribution in [2.75, 3.05) is 6.61 Å². The number of carboxylic acids is 1. The van der Waals surface area contributed by atoms with E-state index in [0.717, 1.165) is 43.5 Å². The summed E-state index contributed by atoms with van der Waals surface area (Å²) < 4.78 is 43.8. The van der Waals surface area contributed by atoms with E-state index in [2.05, 4.69) is 0 Å². The Morgan fingerprint density at radius 2 is 1.72 bits per heavy atom. The minimum absolute atomic E-state index is 0.0229. The fourth-order valence-electron chi connectivity index (χ4n) is 3.60. The summed E-state index contributed by atoms with van der Waals surface area (Å²) in [6, 6.07) is 2.69. The molecule has 1 aromatic rings. The zero-order chi connectivity index (χ0) is 18.2. The van der Waals surface area contributed by atoms with Crippen molar-refractivity contribution in [3.63, 3.8) is 0 Å². The van der Waals surface area contributed by atoms with Crippen LogP contribution in [0.4, 0.5) is 13.2 Å². The van der Waals surface area contributed by atoms with E-state index >= 15 is 0 Å². The quantitative estimate of drug-likeness (QED) is 0.882. The molecule has 0 bridgehead atoms. The van der Waals surface area contributed by atoms with Crippen molar-refractivity contribution in [1.29, 1.82) is 0 Å². The highest BCUT2D eigenvalue weighted by Crippen LogP contribution is 2.41. The number of nitrogens with zero attached hydrogens (tertiary/aromatic N) is 1. The Hall–Kier alpha value is -2.09. The monoisotopic (exact) mass is 357 g/mol. The molecule has 8 heteroatoms. The zero-order valence-corrected chi connectivity index (χ0v) is 13.4. The van der Waals surface area contributed by atoms with E-state index in [4.69, 9.17) is 4.74 Å². The summed E-state index contributed by atoms with van der Waals surface area (Å²) in [5.74, 6) is -1.79. The third kappa shape index (κ3) is 3.22. The van der Waals surface area contributed by atoms with Crippen LogP contribution in [-0.2, 0) is 15.7 Å². The van der Waals surface area contributed by atoms with Crippen LogP contribution in [0.1, 0.15) is 48.0 Å². The average Bonchev–Trinajstić information content (AvgIpc) is 2.93. The van der Waals surface area contributed by atoms with Gasteiger partial charge in [0.2, 0.25) is 0 Å². The summed E-state index contributed by atoms with van der Waals surface area (Å²) in [6.07, 6.45) is -0.837. The van der Waals surface area contributed by atoms with Crippen LogP contribution >= 0.6 is 0 Å². The third-order valence-corrected chi connectivity index (χ3v) is 4.86.